The van der Waals surface area contributed by atoms with Gasteiger partial charge in [0.1, 0.15) is 4.34 Å². The van der Waals surface area contributed by atoms with Gasteiger partial charge in [-0.1, -0.05) is 11.8 Å². The van der Waals surface area contributed by atoms with Crippen molar-refractivity contribution in [1.82, 2.24) is 4.98 Å². The molecular formula is C10H15NO3S2. The average molecular weight is 261 g/mol. The molecule has 1 atom stereocenters. The van der Waals surface area contributed by atoms with Crippen LogP contribution in [0.1, 0.15) is 17.5 Å². The Morgan fingerprint density at radius 3 is 2.94 bits per heavy atom. The number of ether oxygens (including phenoxy) is 1. The number of rotatable bonds is 6. The van der Waals surface area contributed by atoms with Gasteiger partial charge in [0.25, 0.3) is 0 Å². The van der Waals surface area contributed by atoms with E-state index in [1.54, 1.807) is 18.9 Å². The second-order valence-electron chi connectivity index (χ2n) is 3.42. The maximum Gasteiger partial charge on any atom is 0.308 e. The van der Waals surface area contributed by atoms with Gasteiger partial charge in [0, 0.05) is 17.7 Å². The first-order chi connectivity index (χ1) is 7.52. The summed E-state index contributed by atoms with van der Waals surface area (Å²) >= 11 is 3.06. The van der Waals surface area contributed by atoms with Gasteiger partial charge < -0.3 is 9.84 Å². The van der Waals surface area contributed by atoms with E-state index >= 15 is 0 Å². The molecular weight excluding hydrogens is 246 g/mol. The van der Waals surface area contributed by atoms with E-state index in [1.165, 1.54) is 11.3 Å². The number of carboxylic acid groups (broad SMARTS) is 1. The number of thiazole rings is 1. The topological polar surface area (TPSA) is 59.4 Å². The van der Waals surface area contributed by atoms with Crippen LogP contribution in [0.4, 0.5) is 0 Å². The molecule has 0 unspecified atom stereocenters. The summed E-state index contributed by atoms with van der Waals surface area (Å²) in [6.07, 6.45) is 0.237. The maximum atomic E-state index is 10.6. The number of hydrogen-bond acceptors (Lipinski definition) is 5. The zero-order valence-corrected chi connectivity index (χ0v) is 11.2. The van der Waals surface area contributed by atoms with Crippen LogP contribution in [-0.4, -0.2) is 35.0 Å². The molecule has 1 heterocycles. The minimum Gasteiger partial charge on any atom is -0.481 e. The van der Waals surface area contributed by atoms with Crippen molar-refractivity contribution in [2.75, 3.05) is 12.9 Å². The molecule has 0 fully saturated rings. The van der Waals surface area contributed by atoms with Crippen LogP contribution in [0.2, 0.25) is 0 Å². The van der Waals surface area contributed by atoms with E-state index in [1.807, 2.05) is 13.8 Å². The first kappa shape index (κ1) is 13.5. The smallest absolute Gasteiger partial charge is 0.308 e. The fourth-order valence-electron chi connectivity index (χ4n) is 1.02. The van der Waals surface area contributed by atoms with Gasteiger partial charge in [-0.15, -0.1) is 11.3 Å². The molecule has 1 N–H and O–H groups in total. The van der Waals surface area contributed by atoms with Crippen LogP contribution in [0.3, 0.4) is 0 Å². The lowest BCUT2D eigenvalue weighted by Crippen LogP contribution is -2.07. The van der Waals surface area contributed by atoms with Crippen LogP contribution < -0.4 is 0 Å². The Bertz CT molecular complexity index is 365. The van der Waals surface area contributed by atoms with E-state index in [0.717, 1.165) is 20.7 Å². The molecule has 1 aromatic rings. The van der Waals surface area contributed by atoms with Crippen molar-refractivity contribution < 1.29 is 14.6 Å². The molecule has 0 aliphatic carbocycles. The monoisotopic (exact) mass is 261 g/mol. The normalized spacial score (nSPS) is 12.7. The van der Waals surface area contributed by atoms with Crippen molar-refractivity contribution in [2.45, 2.75) is 30.7 Å². The number of aromatic nitrogens is 1. The van der Waals surface area contributed by atoms with E-state index in [9.17, 15) is 4.79 Å². The summed E-state index contributed by atoms with van der Waals surface area (Å²) in [5.41, 5.74) is 0.819. The molecule has 0 aromatic carbocycles. The molecule has 0 saturated heterocycles. The van der Waals surface area contributed by atoms with Gasteiger partial charge >= 0.3 is 5.97 Å². The second kappa shape index (κ2) is 6.22. The van der Waals surface area contributed by atoms with E-state index in [2.05, 4.69) is 4.98 Å². The van der Waals surface area contributed by atoms with Crippen molar-refractivity contribution in [1.29, 1.82) is 0 Å². The Hall–Kier alpha value is -0.590. The first-order valence-electron chi connectivity index (χ1n) is 4.86. The van der Waals surface area contributed by atoms with Gasteiger partial charge in [-0.3, -0.25) is 4.79 Å². The third kappa shape index (κ3) is 4.11. The Balaban J connectivity index is 2.58. The van der Waals surface area contributed by atoms with Gasteiger partial charge in [0.05, 0.1) is 18.2 Å². The highest BCUT2D eigenvalue weighted by Gasteiger charge is 2.12. The molecule has 1 rings (SSSR count). The molecule has 0 bridgehead atoms. The Kier molecular flexibility index (Phi) is 5.24. The van der Waals surface area contributed by atoms with Gasteiger partial charge in [-0.05, 0) is 13.8 Å². The first-order valence-corrected chi connectivity index (χ1v) is 6.66. The van der Waals surface area contributed by atoms with Crippen molar-refractivity contribution in [3.05, 3.63) is 10.6 Å². The van der Waals surface area contributed by atoms with Crippen molar-refractivity contribution in [2.24, 2.45) is 0 Å². The predicted molar refractivity (Wildman–Crippen MR) is 65.4 cm³/mol. The molecule has 0 aliphatic rings. The fourth-order valence-corrected chi connectivity index (χ4v) is 3.26. The lowest BCUT2D eigenvalue weighted by molar-refractivity contribution is -0.136. The molecule has 0 amide bonds. The number of thioether (sulfide) groups is 1. The standard InChI is InChI=1S/C10H15NO3S2/c1-6(14-3)5-15-10-11-7(2)8(16-10)4-9(12)13/h6H,4-5H2,1-3H3,(H,12,13)/t6-/m0/s1. The van der Waals surface area contributed by atoms with Crippen molar-refractivity contribution >= 4 is 29.1 Å². The second-order valence-corrected chi connectivity index (χ2v) is 5.77. The zero-order valence-electron chi connectivity index (χ0n) is 9.52. The fraction of sp³-hybridized carbons (Fsp3) is 0.600. The van der Waals surface area contributed by atoms with Gasteiger partial charge in [-0.2, -0.15) is 0 Å². The highest BCUT2D eigenvalue weighted by molar-refractivity contribution is 8.01. The molecule has 0 saturated carbocycles. The summed E-state index contributed by atoms with van der Waals surface area (Å²) in [5.74, 6) is 0.0178. The maximum absolute atomic E-state index is 10.6. The van der Waals surface area contributed by atoms with Crippen LogP contribution in [-0.2, 0) is 16.0 Å². The summed E-state index contributed by atoms with van der Waals surface area (Å²) in [6, 6.07) is 0. The van der Waals surface area contributed by atoms with Crippen LogP contribution in [0.25, 0.3) is 0 Å². The van der Waals surface area contributed by atoms with Crippen LogP contribution in [0, 0.1) is 6.92 Å². The van der Waals surface area contributed by atoms with Crippen molar-refractivity contribution in [3.63, 3.8) is 0 Å². The highest BCUT2D eigenvalue weighted by Crippen LogP contribution is 2.28. The number of carbonyl (C=O) groups is 1. The average Bonchev–Trinajstić information content (AvgIpc) is 2.55. The van der Waals surface area contributed by atoms with Gasteiger partial charge in [0.2, 0.25) is 0 Å². The lowest BCUT2D eigenvalue weighted by Gasteiger charge is -2.05. The van der Waals surface area contributed by atoms with Crippen molar-refractivity contribution in [3.8, 4) is 0 Å². The predicted octanol–water partition coefficient (Wildman–Crippen LogP) is 2.21. The minimum atomic E-state index is -0.812. The quantitative estimate of drug-likeness (QED) is 0.796. The van der Waals surface area contributed by atoms with E-state index in [4.69, 9.17) is 9.84 Å². The molecule has 90 valence electrons. The number of methoxy groups -OCH3 is 1. The lowest BCUT2D eigenvalue weighted by atomic mass is 10.3. The Morgan fingerprint density at radius 1 is 1.69 bits per heavy atom. The number of nitrogens with zero attached hydrogens (tertiary/aromatic N) is 1. The molecule has 0 spiro atoms. The minimum absolute atomic E-state index is 0.0594. The number of carboxylic acids is 1. The van der Waals surface area contributed by atoms with Crippen LogP contribution in [0.15, 0.2) is 4.34 Å². The molecule has 0 radical (unpaired) electrons. The van der Waals surface area contributed by atoms with E-state index in [-0.39, 0.29) is 12.5 Å². The highest BCUT2D eigenvalue weighted by atomic mass is 32.2. The number of aliphatic carboxylic acids is 1. The summed E-state index contributed by atoms with van der Waals surface area (Å²) in [6.45, 7) is 3.84. The summed E-state index contributed by atoms with van der Waals surface area (Å²) in [7, 11) is 1.67. The third-order valence-electron chi connectivity index (χ3n) is 2.03. The molecule has 6 heteroatoms. The Labute approximate surface area is 103 Å². The molecule has 0 aliphatic heterocycles. The summed E-state index contributed by atoms with van der Waals surface area (Å²) in [5, 5.41) is 8.71. The largest absolute Gasteiger partial charge is 0.481 e. The Morgan fingerprint density at radius 2 is 2.38 bits per heavy atom. The molecule has 16 heavy (non-hydrogen) atoms. The SMILES string of the molecule is CO[C@@H](C)CSc1nc(C)c(CC(=O)O)s1. The zero-order chi connectivity index (χ0) is 12.1. The van der Waals surface area contributed by atoms with E-state index in [0.29, 0.717) is 0 Å². The molecule has 1 aromatic heterocycles. The molecule has 4 nitrogen and oxygen atoms in total. The number of hydrogen-bond donors (Lipinski definition) is 1. The number of aryl methyl sites for hydroxylation is 1. The summed E-state index contributed by atoms with van der Waals surface area (Å²) in [4.78, 5) is 15.8. The third-order valence-corrected chi connectivity index (χ3v) is 4.56. The van der Waals surface area contributed by atoms with Crippen LogP contribution in [0.5, 0.6) is 0 Å². The van der Waals surface area contributed by atoms with Crippen LogP contribution >= 0.6 is 23.1 Å². The van der Waals surface area contributed by atoms with E-state index < -0.39 is 5.97 Å². The summed E-state index contributed by atoms with van der Waals surface area (Å²) < 4.78 is 6.05. The van der Waals surface area contributed by atoms with Gasteiger partial charge in [0.15, 0.2) is 0 Å². The van der Waals surface area contributed by atoms with Gasteiger partial charge in [-0.25, -0.2) is 4.98 Å².